The highest BCUT2D eigenvalue weighted by Gasteiger charge is 2.21. The third kappa shape index (κ3) is 6.35. The number of rotatable bonds is 7. The minimum atomic E-state index is 0.141. The number of amides is 1. The summed E-state index contributed by atoms with van der Waals surface area (Å²) >= 11 is 1.82. The van der Waals surface area contributed by atoms with Crippen LogP contribution in [-0.2, 0) is 5.75 Å². The number of hydrogen-bond donors (Lipinski definition) is 0. The van der Waals surface area contributed by atoms with Gasteiger partial charge in [-0.1, -0.05) is 72.3 Å². The van der Waals surface area contributed by atoms with Gasteiger partial charge >= 0.3 is 0 Å². The lowest BCUT2D eigenvalue weighted by atomic mass is 10.1. The second-order valence-corrected chi connectivity index (χ2v) is 9.25. The standard InChI is InChI=1S/C28H30N2OS/c1-23-9-15-27(16-10-23)32-22-25-11-13-26(14-12-25)28(31)30-20-18-29(19-21-30)17-5-8-24-6-3-2-4-7-24/h2-16H,17-22H2,1H3/b8-5+. The van der Waals surface area contributed by atoms with Gasteiger partial charge in [0.2, 0.25) is 0 Å². The predicted octanol–water partition coefficient (Wildman–Crippen LogP) is 5.76. The summed E-state index contributed by atoms with van der Waals surface area (Å²) in [7, 11) is 0. The molecular weight excluding hydrogens is 412 g/mol. The fourth-order valence-corrected chi connectivity index (χ4v) is 4.62. The Morgan fingerprint density at radius 1 is 0.875 bits per heavy atom. The number of benzene rings is 3. The topological polar surface area (TPSA) is 23.6 Å². The van der Waals surface area contributed by atoms with Crippen LogP contribution in [0.4, 0.5) is 0 Å². The zero-order valence-corrected chi connectivity index (χ0v) is 19.4. The molecule has 0 aromatic heterocycles. The van der Waals surface area contributed by atoms with Crippen molar-refractivity contribution < 1.29 is 4.79 Å². The van der Waals surface area contributed by atoms with Crippen molar-refractivity contribution in [3.05, 3.63) is 107 Å². The number of carbonyl (C=O) groups is 1. The summed E-state index contributed by atoms with van der Waals surface area (Å²) in [5, 5.41) is 0. The van der Waals surface area contributed by atoms with E-state index in [1.807, 2.05) is 34.9 Å². The molecule has 164 valence electrons. The second kappa shape index (κ2) is 11.2. The summed E-state index contributed by atoms with van der Waals surface area (Å²) in [5.74, 6) is 1.05. The van der Waals surface area contributed by atoms with E-state index in [1.54, 1.807) is 0 Å². The van der Waals surface area contributed by atoms with Crippen LogP contribution in [0.5, 0.6) is 0 Å². The average molecular weight is 443 g/mol. The smallest absolute Gasteiger partial charge is 0.253 e. The van der Waals surface area contributed by atoms with Crippen LogP contribution in [0.15, 0.2) is 89.8 Å². The minimum absolute atomic E-state index is 0.141. The first-order valence-corrected chi connectivity index (χ1v) is 12.2. The Morgan fingerprint density at radius 2 is 1.56 bits per heavy atom. The molecule has 3 aromatic rings. The molecule has 3 aromatic carbocycles. The molecule has 3 nitrogen and oxygen atoms in total. The lowest BCUT2D eigenvalue weighted by molar-refractivity contribution is 0.0650. The average Bonchev–Trinajstić information content (AvgIpc) is 2.85. The van der Waals surface area contributed by atoms with Gasteiger partial charge in [0.25, 0.3) is 5.91 Å². The molecule has 1 aliphatic heterocycles. The van der Waals surface area contributed by atoms with Crippen LogP contribution >= 0.6 is 11.8 Å². The highest BCUT2D eigenvalue weighted by atomic mass is 32.2. The quantitative estimate of drug-likeness (QED) is 0.435. The van der Waals surface area contributed by atoms with Gasteiger partial charge in [0.15, 0.2) is 0 Å². The molecule has 1 amide bonds. The van der Waals surface area contributed by atoms with Crippen molar-refractivity contribution in [3.63, 3.8) is 0 Å². The van der Waals surface area contributed by atoms with Crippen molar-refractivity contribution in [3.8, 4) is 0 Å². The summed E-state index contributed by atoms with van der Waals surface area (Å²) in [5.41, 5.74) is 4.53. The molecule has 0 N–H and O–H groups in total. The molecule has 0 unspecified atom stereocenters. The Labute approximate surface area is 195 Å². The first kappa shape index (κ1) is 22.4. The number of piperazine rings is 1. The molecule has 0 spiro atoms. The van der Waals surface area contributed by atoms with Gasteiger partial charge in [0.1, 0.15) is 0 Å². The summed E-state index contributed by atoms with van der Waals surface area (Å²) in [4.78, 5) is 18.6. The van der Waals surface area contributed by atoms with Crippen LogP contribution in [-0.4, -0.2) is 48.4 Å². The lowest BCUT2D eigenvalue weighted by Crippen LogP contribution is -2.48. The van der Waals surface area contributed by atoms with Crippen molar-refractivity contribution >= 4 is 23.7 Å². The van der Waals surface area contributed by atoms with E-state index >= 15 is 0 Å². The van der Waals surface area contributed by atoms with Crippen molar-refractivity contribution in [1.82, 2.24) is 9.80 Å². The lowest BCUT2D eigenvalue weighted by Gasteiger charge is -2.34. The Bertz CT molecular complexity index is 1020. The zero-order chi connectivity index (χ0) is 22.2. The van der Waals surface area contributed by atoms with Crippen molar-refractivity contribution in [2.75, 3.05) is 32.7 Å². The van der Waals surface area contributed by atoms with Gasteiger partial charge in [-0.05, 0) is 42.3 Å². The van der Waals surface area contributed by atoms with Gasteiger partial charge in [0.05, 0.1) is 0 Å². The minimum Gasteiger partial charge on any atom is -0.336 e. The van der Waals surface area contributed by atoms with Gasteiger partial charge in [-0.15, -0.1) is 11.8 Å². The van der Waals surface area contributed by atoms with E-state index in [-0.39, 0.29) is 5.91 Å². The number of aryl methyl sites for hydroxylation is 1. The number of hydrogen-bond acceptors (Lipinski definition) is 3. The number of nitrogens with zero attached hydrogens (tertiary/aromatic N) is 2. The predicted molar refractivity (Wildman–Crippen MR) is 135 cm³/mol. The summed E-state index contributed by atoms with van der Waals surface area (Å²) in [6.45, 7) is 6.41. The molecule has 0 aliphatic carbocycles. The second-order valence-electron chi connectivity index (χ2n) is 8.20. The highest BCUT2D eigenvalue weighted by molar-refractivity contribution is 7.98. The van der Waals surface area contributed by atoms with Gasteiger partial charge < -0.3 is 4.90 Å². The van der Waals surface area contributed by atoms with E-state index in [0.29, 0.717) is 0 Å². The molecule has 0 atom stereocenters. The van der Waals surface area contributed by atoms with Crippen molar-refractivity contribution in [2.24, 2.45) is 0 Å². The van der Waals surface area contributed by atoms with Crippen LogP contribution < -0.4 is 0 Å². The summed E-state index contributed by atoms with van der Waals surface area (Å²) < 4.78 is 0. The Kier molecular flexibility index (Phi) is 7.81. The Balaban J connectivity index is 1.23. The van der Waals surface area contributed by atoms with E-state index in [2.05, 4.69) is 84.6 Å². The van der Waals surface area contributed by atoms with E-state index in [4.69, 9.17) is 0 Å². The maximum atomic E-state index is 12.9. The fourth-order valence-electron chi connectivity index (χ4n) is 3.76. The van der Waals surface area contributed by atoms with E-state index in [9.17, 15) is 4.79 Å². The fraction of sp³-hybridized carbons (Fsp3) is 0.250. The number of carbonyl (C=O) groups excluding carboxylic acids is 1. The van der Waals surface area contributed by atoms with Gasteiger partial charge in [-0.25, -0.2) is 0 Å². The first-order valence-electron chi connectivity index (χ1n) is 11.2. The monoisotopic (exact) mass is 442 g/mol. The van der Waals surface area contributed by atoms with Gasteiger partial charge in [-0.3, -0.25) is 9.69 Å². The third-order valence-corrected chi connectivity index (χ3v) is 6.84. The van der Waals surface area contributed by atoms with Crippen LogP contribution in [0.25, 0.3) is 6.08 Å². The normalized spacial score (nSPS) is 14.7. The van der Waals surface area contributed by atoms with Crippen molar-refractivity contribution in [1.29, 1.82) is 0 Å². The highest BCUT2D eigenvalue weighted by Crippen LogP contribution is 2.23. The largest absolute Gasteiger partial charge is 0.336 e. The van der Waals surface area contributed by atoms with E-state index < -0.39 is 0 Å². The van der Waals surface area contributed by atoms with Crippen molar-refractivity contribution in [2.45, 2.75) is 17.6 Å². The molecular formula is C28H30N2OS. The molecule has 0 radical (unpaired) electrons. The van der Waals surface area contributed by atoms with Gasteiger partial charge in [0, 0.05) is 48.9 Å². The SMILES string of the molecule is Cc1ccc(SCc2ccc(C(=O)N3CCN(C/C=C/c4ccccc4)CC3)cc2)cc1. The van der Waals surface area contributed by atoms with Gasteiger partial charge in [-0.2, -0.15) is 0 Å². The molecule has 1 fully saturated rings. The van der Waals surface area contributed by atoms with Crippen LogP contribution in [0.1, 0.15) is 27.0 Å². The van der Waals surface area contributed by atoms with E-state index in [1.165, 1.54) is 21.6 Å². The number of thioether (sulfide) groups is 1. The Morgan fingerprint density at radius 3 is 2.25 bits per heavy atom. The third-order valence-electron chi connectivity index (χ3n) is 5.76. The Hall–Kier alpha value is -2.82. The van der Waals surface area contributed by atoms with Crippen LogP contribution in [0, 0.1) is 6.92 Å². The maximum absolute atomic E-state index is 12.9. The zero-order valence-electron chi connectivity index (χ0n) is 18.6. The first-order chi connectivity index (χ1) is 15.7. The molecule has 1 heterocycles. The summed E-state index contributed by atoms with van der Waals surface area (Å²) in [6.07, 6.45) is 4.37. The molecule has 4 rings (SSSR count). The molecule has 0 bridgehead atoms. The molecule has 4 heteroatoms. The van der Waals surface area contributed by atoms with E-state index in [0.717, 1.165) is 44.0 Å². The molecule has 0 saturated carbocycles. The molecule has 32 heavy (non-hydrogen) atoms. The summed E-state index contributed by atoms with van der Waals surface area (Å²) in [6, 6.07) is 27.1. The van der Waals surface area contributed by atoms with Crippen LogP contribution in [0.2, 0.25) is 0 Å². The maximum Gasteiger partial charge on any atom is 0.253 e. The molecule has 1 aliphatic rings. The molecule has 1 saturated heterocycles. The van der Waals surface area contributed by atoms with Crippen LogP contribution in [0.3, 0.4) is 0 Å².